The van der Waals surface area contributed by atoms with Crippen molar-refractivity contribution in [2.45, 2.75) is 59.1 Å². The Kier molecular flexibility index (Phi) is 9.94. The molecule has 1 aromatic rings. The maximum absolute atomic E-state index is 12.1. The van der Waals surface area contributed by atoms with Crippen molar-refractivity contribution in [3.05, 3.63) is 36.1 Å². The van der Waals surface area contributed by atoms with Crippen LogP contribution in [0.5, 0.6) is 0 Å². The number of nitrogens with zero attached hydrogens (tertiary/aromatic N) is 1. The first-order valence-electron chi connectivity index (χ1n) is 9.36. The number of carbonyl (C=O) groups excluding carboxylic acids is 1. The summed E-state index contributed by atoms with van der Waals surface area (Å²) in [6, 6.07) is 8.11. The largest absolute Gasteiger partial charge is 0.446 e. The second-order valence-electron chi connectivity index (χ2n) is 7.82. The third-order valence-electron chi connectivity index (χ3n) is 4.66. The Morgan fingerprint density at radius 1 is 1.33 bits per heavy atom. The summed E-state index contributed by atoms with van der Waals surface area (Å²) in [6.07, 6.45) is 3.99. The lowest BCUT2D eigenvalue weighted by Gasteiger charge is -2.41. The number of halogens is 1. The Bertz CT molecular complexity index is 593. The Morgan fingerprint density at radius 2 is 1.96 bits per heavy atom. The molecule has 7 heteroatoms. The van der Waals surface area contributed by atoms with Crippen LogP contribution < -0.4 is 4.72 Å². The summed E-state index contributed by atoms with van der Waals surface area (Å²) >= 11 is 0. The first-order valence-corrected chi connectivity index (χ1v) is 10.9. The van der Waals surface area contributed by atoms with Gasteiger partial charge in [-0.3, -0.25) is 0 Å². The molecular formula is C20H33FN2O3S. The van der Waals surface area contributed by atoms with E-state index in [0.717, 1.165) is 25.8 Å². The highest BCUT2D eigenvalue weighted by Gasteiger charge is 2.35. The fourth-order valence-electron chi connectivity index (χ4n) is 2.63. The lowest BCUT2D eigenvalue weighted by Crippen LogP contribution is -2.50. The lowest BCUT2D eigenvalue weighted by atomic mass is 9.86. The van der Waals surface area contributed by atoms with Gasteiger partial charge in [0.15, 0.2) is 0 Å². The Labute approximate surface area is 165 Å². The van der Waals surface area contributed by atoms with Gasteiger partial charge in [-0.25, -0.2) is 18.1 Å². The van der Waals surface area contributed by atoms with E-state index < -0.39 is 11.0 Å². The predicted molar refractivity (Wildman–Crippen MR) is 108 cm³/mol. The topological polar surface area (TPSA) is 58.6 Å². The Hall–Kier alpha value is -1.47. The number of ether oxygens (including phenoxy) is 1. The molecule has 0 radical (unpaired) electrons. The summed E-state index contributed by atoms with van der Waals surface area (Å²) in [5.41, 5.74) is 0.0565. The van der Waals surface area contributed by atoms with Crippen LogP contribution in [0.4, 0.5) is 9.18 Å². The first kappa shape index (κ1) is 23.6. The molecule has 3 unspecified atom stereocenters. The van der Waals surface area contributed by atoms with Gasteiger partial charge in [0.1, 0.15) is 11.9 Å². The van der Waals surface area contributed by atoms with Gasteiger partial charge in [-0.15, -0.1) is 0 Å². The number of benzene rings is 1. The van der Waals surface area contributed by atoms with Gasteiger partial charge in [-0.05, 0) is 37.3 Å². The second-order valence-corrected chi connectivity index (χ2v) is 9.01. The fourth-order valence-corrected chi connectivity index (χ4v) is 3.06. The summed E-state index contributed by atoms with van der Waals surface area (Å²) in [7, 11) is -0.967. The van der Waals surface area contributed by atoms with Crippen molar-refractivity contribution < 1.29 is 18.1 Å². The molecule has 1 aliphatic heterocycles. The van der Waals surface area contributed by atoms with Gasteiger partial charge in [0, 0.05) is 31.8 Å². The zero-order valence-corrected chi connectivity index (χ0v) is 17.9. The molecule has 0 aliphatic carbocycles. The quantitative estimate of drug-likeness (QED) is 0.731. The minimum atomic E-state index is -0.967. The number of amides is 1. The van der Waals surface area contributed by atoms with Crippen molar-refractivity contribution in [3.63, 3.8) is 0 Å². The van der Waals surface area contributed by atoms with Gasteiger partial charge < -0.3 is 9.64 Å². The van der Waals surface area contributed by atoms with Gasteiger partial charge in [0.2, 0.25) is 0 Å². The summed E-state index contributed by atoms with van der Waals surface area (Å²) in [5.74, 6) is -0.178. The molecule has 1 saturated heterocycles. The zero-order valence-electron chi connectivity index (χ0n) is 17.0. The molecule has 0 spiro atoms. The van der Waals surface area contributed by atoms with Crippen molar-refractivity contribution in [2.75, 3.05) is 19.3 Å². The van der Waals surface area contributed by atoms with Crippen LogP contribution in [-0.2, 0) is 15.7 Å². The van der Waals surface area contributed by atoms with Gasteiger partial charge >= 0.3 is 6.09 Å². The van der Waals surface area contributed by atoms with Gasteiger partial charge in [-0.2, -0.15) is 0 Å². The molecule has 1 amide bonds. The minimum absolute atomic E-state index is 0.00184. The number of nitrogens with one attached hydrogen (secondary N) is 1. The van der Waals surface area contributed by atoms with Crippen LogP contribution in [0.3, 0.4) is 0 Å². The molecule has 0 bridgehead atoms. The van der Waals surface area contributed by atoms with E-state index in [2.05, 4.69) is 32.4 Å². The van der Waals surface area contributed by atoms with Crippen LogP contribution in [0.25, 0.3) is 0 Å². The van der Waals surface area contributed by atoms with E-state index in [1.54, 1.807) is 24.5 Å². The summed E-state index contributed by atoms with van der Waals surface area (Å²) in [6.45, 7) is 9.92. The van der Waals surface area contributed by atoms with E-state index in [1.165, 1.54) is 12.1 Å². The maximum Gasteiger partial charge on any atom is 0.410 e. The highest BCUT2D eigenvalue weighted by Crippen LogP contribution is 2.27. The summed E-state index contributed by atoms with van der Waals surface area (Å²) < 4.78 is 31.1. The van der Waals surface area contributed by atoms with E-state index in [0.29, 0.717) is 6.54 Å². The number of cyclic esters (lactones) is 1. The van der Waals surface area contributed by atoms with Crippen molar-refractivity contribution in [1.29, 1.82) is 0 Å². The van der Waals surface area contributed by atoms with Crippen LogP contribution in [0.1, 0.15) is 47.0 Å². The van der Waals surface area contributed by atoms with E-state index in [1.807, 2.05) is 4.90 Å². The van der Waals surface area contributed by atoms with Crippen LogP contribution in [0, 0.1) is 11.2 Å². The van der Waals surface area contributed by atoms with E-state index in [-0.39, 0.29) is 29.5 Å². The monoisotopic (exact) mass is 400 g/mol. The summed E-state index contributed by atoms with van der Waals surface area (Å²) in [5, 5.41) is 0. The average Bonchev–Trinajstić information content (AvgIpc) is 2.58. The SMILES string of the molecule is CC(N1CCC(CCCNS(C)=O)OC1=O)C(C)(C)C.Fc1ccccc1. The number of rotatable bonds is 6. The molecule has 27 heavy (non-hydrogen) atoms. The van der Waals surface area contributed by atoms with Crippen LogP contribution >= 0.6 is 0 Å². The van der Waals surface area contributed by atoms with Crippen molar-refractivity contribution >= 4 is 17.1 Å². The van der Waals surface area contributed by atoms with Crippen LogP contribution in [-0.4, -0.2) is 46.7 Å². The minimum Gasteiger partial charge on any atom is -0.446 e. The van der Waals surface area contributed by atoms with Gasteiger partial charge in [-0.1, -0.05) is 39.0 Å². The predicted octanol–water partition coefficient (Wildman–Crippen LogP) is 4.12. The molecule has 0 aromatic heterocycles. The molecule has 0 saturated carbocycles. The fraction of sp³-hybridized carbons (Fsp3) is 0.650. The number of hydrogen-bond donors (Lipinski definition) is 1. The molecule has 1 heterocycles. The third-order valence-corrected chi connectivity index (χ3v) is 5.27. The Morgan fingerprint density at radius 3 is 2.41 bits per heavy atom. The second kappa shape index (κ2) is 11.4. The standard InChI is InChI=1S/C14H28N2O3S.C6H5F/c1-11(14(2,3)4)16-10-8-12(19-13(16)17)7-6-9-15-20(5)18;7-6-4-2-1-3-5-6/h11-12,15H,6-10H2,1-5H3;1-5H. The van der Waals surface area contributed by atoms with Crippen molar-refractivity contribution in [1.82, 2.24) is 9.62 Å². The molecule has 1 fully saturated rings. The van der Waals surface area contributed by atoms with Crippen LogP contribution in [0.2, 0.25) is 0 Å². The Balaban J connectivity index is 0.000000433. The van der Waals surface area contributed by atoms with E-state index in [9.17, 15) is 13.4 Å². The highest BCUT2D eigenvalue weighted by atomic mass is 32.2. The maximum atomic E-state index is 12.1. The van der Waals surface area contributed by atoms with Crippen molar-refractivity contribution in [2.24, 2.45) is 5.41 Å². The number of hydrogen-bond acceptors (Lipinski definition) is 3. The average molecular weight is 401 g/mol. The van der Waals surface area contributed by atoms with E-state index in [4.69, 9.17) is 4.74 Å². The van der Waals surface area contributed by atoms with Gasteiger partial charge in [0.05, 0.1) is 11.0 Å². The molecule has 1 aliphatic rings. The number of carbonyl (C=O) groups is 1. The highest BCUT2D eigenvalue weighted by molar-refractivity contribution is 7.82. The van der Waals surface area contributed by atoms with Gasteiger partial charge in [0.25, 0.3) is 0 Å². The molecule has 154 valence electrons. The lowest BCUT2D eigenvalue weighted by molar-refractivity contribution is -0.00664. The third kappa shape index (κ3) is 9.33. The smallest absolute Gasteiger partial charge is 0.410 e. The van der Waals surface area contributed by atoms with Crippen molar-refractivity contribution in [3.8, 4) is 0 Å². The molecule has 3 atom stereocenters. The molecule has 2 rings (SSSR count). The molecule has 1 aromatic carbocycles. The molecular weight excluding hydrogens is 367 g/mol. The summed E-state index contributed by atoms with van der Waals surface area (Å²) in [4.78, 5) is 13.9. The normalized spacial score (nSPS) is 19.6. The van der Waals surface area contributed by atoms with Crippen LogP contribution in [0.15, 0.2) is 30.3 Å². The first-order chi connectivity index (χ1) is 12.6. The molecule has 1 N–H and O–H groups in total. The van der Waals surface area contributed by atoms with E-state index >= 15 is 0 Å². The zero-order chi connectivity index (χ0) is 20.4. The molecule has 5 nitrogen and oxygen atoms in total.